The molecule has 150 valence electrons. The summed E-state index contributed by atoms with van der Waals surface area (Å²) >= 11 is 0. The lowest BCUT2D eigenvalue weighted by Crippen LogP contribution is -2.10. The number of Topliss-reactive ketones (excluding diaryl/α,β-unsaturated/α-hetero) is 1. The standard InChI is InChI=1S/C24H22N4O2/c1-16(30)17-8-10-18(11-9-17)23-13-25-24-21(26-15-29)12-19(14-28(23)24)20-6-4-5-7-22(20)27(2)3/h4-15H,1-3H3,(H,26,29). The van der Waals surface area contributed by atoms with Crippen LogP contribution in [0.1, 0.15) is 17.3 Å². The molecule has 4 rings (SSSR count). The third kappa shape index (κ3) is 3.43. The largest absolute Gasteiger partial charge is 0.377 e. The molecule has 6 nitrogen and oxygen atoms in total. The minimum absolute atomic E-state index is 0.0275. The normalized spacial score (nSPS) is 10.8. The number of amides is 1. The Morgan fingerprint density at radius 1 is 1.07 bits per heavy atom. The van der Waals surface area contributed by atoms with Gasteiger partial charge in [0, 0.05) is 48.2 Å². The zero-order valence-electron chi connectivity index (χ0n) is 17.1. The van der Waals surface area contributed by atoms with Gasteiger partial charge in [0.25, 0.3) is 0 Å². The van der Waals surface area contributed by atoms with E-state index in [1.807, 2.05) is 67.2 Å². The molecule has 0 fully saturated rings. The number of anilines is 2. The summed E-state index contributed by atoms with van der Waals surface area (Å²) in [5.74, 6) is 0.0275. The van der Waals surface area contributed by atoms with Crippen molar-refractivity contribution in [3.8, 4) is 22.4 Å². The summed E-state index contributed by atoms with van der Waals surface area (Å²) in [6, 6.07) is 17.5. The molecule has 2 aromatic carbocycles. The second kappa shape index (κ2) is 7.83. The van der Waals surface area contributed by atoms with Crippen molar-refractivity contribution < 1.29 is 9.59 Å². The van der Waals surface area contributed by atoms with Crippen LogP contribution in [0.2, 0.25) is 0 Å². The molecule has 4 aromatic rings. The SMILES string of the molecule is CC(=O)c1ccc(-c2cnc3c(NC=O)cc(-c4ccccc4N(C)C)cn23)cc1. The number of imidazole rings is 1. The van der Waals surface area contributed by atoms with E-state index in [1.54, 1.807) is 13.1 Å². The maximum Gasteiger partial charge on any atom is 0.211 e. The Morgan fingerprint density at radius 2 is 1.80 bits per heavy atom. The number of benzene rings is 2. The first-order chi connectivity index (χ1) is 14.5. The van der Waals surface area contributed by atoms with Crippen LogP contribution in [0.15, 0.2) is 67.0 Å². The minimum atomic E-state index is 0.0275. The van der Waals surface area contributed by atoms with Crippen LogP contribution in [-0.2, 0) is 4.79 Å². The zero-order valence-corrected chi connectivity index (χ0v) is 17.1. The van der Waals surface area contributed by atoms with Crippen molar-refractivity contribution >= 4 is 29.2 Å². The van der Waals surface area contributed by atoms with Gasteiger partial charge in [0.1, 0.15) is 0 Å². The fourth-order valence-electron chi connectivity index (χ4n) is 3.60. The van der Waals surface area contributed by atoms with Gasteiger partial charge in [0.05, 0.1) is 17.6 Å². The van der Waals surface area contributed by atoms with E-state index in [-0.39, 0.29) is 5.78 Å². The van der Waals surface area contributed by atoms with Crippen LogP contribution in [-0.4, -0.2) is 35.7 Å². The van der Waals surface area contributed by atoms with Gasteiger partial charge in [-0.3, -0.25) is 14.0 Å². The third-order valence-corrected chi connectivity index (χ3v) is 5.10. The molecule has 6 heteroatoms. The van der Waals surface area contributed by atoms with Crippen LogP contribution in [0.4, 0.5) is 11.4 Å². The van der Waals surface area contributed by atoms with Crippen LogP contribution in [0, 0.1) is 0 Å². The summed E-state index contributed by atoms with van der Waals surface area (Å²) in [5.41, 5.74) is 6.82. The van der Waals surface area contributed by atoms with Crippen LogP contribution < -0.4 is 10.2 Å². The Balaban J connectivity index is 1.93. The number of ketones is 1. The lowest BCUT2D eigenvalue weighted by atomic mass is 10.0. The van der Waals surface area contributed by atoms with E-state index in [9.17, 15) is 9.59 Å². The summed E-state index contributed by atoms with van der Waals surface area (Å²) in [5, 5.41) is 2.78. The Morgan fingerprint density at radius 3 is 2.47 bits per heavy atom. The van der Waals surface area contributed by atoms with E-state index < -0.39 is 0 Å². The van der Waals surface area contributed by atoms with Gasteiger partial charge in [-0.2, -0.15) is 0 Å². The van der Waals surface area contributed by atoms with E-state index in [0.29, 0.717) is 23.3 Å². The number of hydrogen-bond donors (Lipinski definition) is 1. The molecule has 1 N–H and O–H groups in total. The van der Waals surface area contributed by atoms with Crippen molar-refractivity contribution in [3.05, 3.63) is 72.6 Å². The molecule has 0 unspecified atom stereocenters. The predicted molar refractivity (Wildman–Crippen MR) is 120 cm³/mol. The molecule has 0 aliphatic carbocycles. The Labute approximate surface area is 174 Å². The summed E-state index contributed by atoms with van der Waals surface area (Å²) < 4.78 is 1.97. The second-order valence-electron chi connectivity index (χ2n) is 7.29. The average Bonchev–Trinajstić information content (AvgIpc) is 3.18. The quantitative estimate of drug-likeness (QED) is 0.383. The van der Waals surface area contributed by atoms with Crippen molar-refractivity contribution in [3.63, 3.8) is 0 Å². The number of aromatic nitrogens is 2. The molecule has 0 aliphatic rings. The van der Waals surface area contributed by atoms with Gasteiger partial charge < -0.3 is 10.2 Å². The lowest BCUT2D eigenvalue weighted by molar-refractivity contribution is -0.105. The van der Waals surface area contributed by atoms with E-state index >= 15 is 0 Å². The molecule has 2 aromatic heterocycles. The van der Waals surface area contributed by atoms with E-state index in [1.165, 1.54) is 0 Å². The Kier molecular flexibility index (Phi) is 5.06. The van der Waals surface area contributed by atoms with Gasteiger partial charge >= 0.3 is 0 Å². The molecule has 2 heterocycles. The van der Waals surface area contributed by atoms with Gasteiger partial charge in [-0.25, -0.2) is 4.98 Å². The maximum atomic E-state index is 11.6. The Hall–Kier alpha value is -3.93. The molecule has 0 radical (unpaired) electrons. The number of nitrogens with zero attached hydrogens (tertiary/aromatic N) is 3. The first kappa shape index (κ1) is 19.4. The van der Waals surface area contributed by atoms with Crippen LogP contribution in [0.25, 0.3) is 28.0 Å². The molecule has 0 atom stereocenters. The van der Waals surface area contributed by atoms with Crippen molar-refractivity contribution in [2.45, 2.75) is 6.92 Å². The monoisotopic (exact) mass is 398 g/mol. The topological polar surface area (TPSA) is 66.7 Å². The number of fused-ring (bicyclic) bond motifs is 1. The van der Waals surface area contributed by atoms with Crippen LogP contribution in [0.3, 0.4) is 0 Å². The fraction of sp³-hybridized carbons (Fsp3) is 0.125. The molecule has 0 aliphatic heterocycles. The predicted octanol–water partition coefficient (Wildman–Crippen LogP) is 4.51. The van der Waals surface area contributed by atoms with E-state index in [0.717, 1.165) is 28.1 Å². The highest BCUT2D eigenvalue weighted by Crippen LogP contribution is 2.34. The highest BCUT2D eigenvalue weighted by molar-refractivity contribution is 5.94. The van der Waals surface area contributed by atoms with Gasteiger partial charge in [-0.05, 0) is 19.1 Å². The smallest absolute Gasteiger partial charge is 0.211 e. The third-order valence-electron chi connectivity index (χ3n) is 5.10. The van der Waals surface area contributed by atoms with Crippen LogP contribution >= 0.6 is 0 Å². The van der Waals surface area contributed by atoms with Crippen molar-refractivity contribution in [2.24, 2.45) is 0 Å². The van der Waals surface area contributed by atoms with Gasteiger partial charge in [0.2, 0.25) is 6.41 Å². The van der Waals surface area contributed by atoms with Crippen LogP contribution in [0.5, 0.6) is 0 Å². The first-order valence-corrected chi connectivity index (χ1v) is 9.59. The summed E-state index contributed by atoms with van der Waals surface area (Å²) in [6.07, 6.45) is 4.46. The first-order valence-electron chi connectivity index (χ1n) is 9.59. The number of hydrogen-bond acceptors (Lipinski definition) is 4. The maximum absolute atomic E-state index is 11.6. The van der Waals surface area contributed by atoms with Gasteiger partial charge in [-0.1, -0.05) is 42.5 Å². The summed E-state index contributed by atoms with van der Waals surface area (Å²) in [6.45, 7) is 1.55. The van der Waals surface area contributed by atoms with Crippen molar-refractivity contribution in [1.29, 1.82) is 0 Å². The van der Waals surface area contributed by atoms with Crippen molar-refractivity contribution in [1.82, 2.24) is 9.38 Å². The number of rotatable bonds is 6. The molecule has 0 bridgehead atoms. The fourth-order valence-corrected chi connectivity index (χ4v) is 3.60. The van der Waals surface area contributed by atoms with E-state index in [2.05, 4.69) is 27.3 Å². The average molecular weight is 398 g/mol. The minimum Gasteiger partial charge on any atom is -0.377 e. The second-order valence-corrected chi connectivity index (χ2v) is 7.29. The molecule has 30 heavy (non-hydrogen) atoms. The number of pyridine rings is 1. The molecule has 0 spiro atoms. The number of carbonyl (C=O) groups is 2. The number of para-hydroxylation sites is 1. The summed E-state index contributed by atoms with van der Waals surface area (Å²) in [7, 11) is 4.00. The molecule has 0 saturated carbocycles. The zero-order chi connectivity index (χ0) is 21.3. The Bertz CT molecular complexity index is 1240. The summed E-state index contributed by atoms with van der Waals surface area (Å²) in [4.78, 5) is 29.4. The number of nitrogens with one attached hydrogen (secondary N) is 1. The molecule has 0 saturated heterocycles. The highest BCUT2D eigenvalue weighted by Gasteiger charge is 2.14. The molecule has 1 amide bonds. The molecular formula is C24H22N4O2. The van der Waals surface area contributed by atoms with Gasteiger partial charge in [0.15, 0.2) is 11.4 Å². The van der Waals surface area contributed by atoms with Gasteiger partial charge in [-0.15, -0.1) is 0 Å². The number of carbonyl (C=O) groups excluding carboxylic acids is 2. The van der Waals surface area contributed by atoms with Crippen molar-refractivity contribution in [2.75, 3.05) is 24.3 Å². The highest BCUT2D eigenvalue weighted by atomic mass is 16.1. The van der Waals surface area contributed by atoms with E-state index in [4.69, 9.17) is 0 Å². The lowest BCUT2D eigenvalue weighted by Gasteiger charge is -2.18. The molecular weight excluding hydrogens is 376 g/mol.